The number of hydrogen-bond donors (Lipinski definition) is 0. The van der Waals surface area contributed by atoms with Crippen LogP contribution in [0.25, 0.3) is 0 Å². The Labute approximate surface area is 89.7 Å². The topological polar surface area (TPSA) is 23.8 Å². The Morgan fingerprint density at radius 3 is 2.58 bits per heavy atom. The molecule has 0 aliphatic carbocycles. The van der Waals surface area contributed by atoms with Gasteiger partial charge in [-0.3, -0.25) is 0 Å². The van der Waals surface area contributed by atoms with Gasteiger partial charge in [0.25, 0.3) is 0 Å². The molecule has 0 bridgehead atoms. The van der Waals surface area contributed by atoms with Crippen LogP contribution < -0.4 is 0 Å². The first kappa shape index (κ1) is 12.2. The van der Waals surface area contributed by atoms with Crippen molar-refractivity contribution in [3.63, 3.8) is 0 Å². The molecule has 1 atom stereocenters. The van der Waals surface area contributed by atoms with Crippen LogP contribution in [0.3, 0.4) is 0 Å². The van der Waals surface area contributed by atoms with Crippen LogP contribution in [0.15, 0.2) is 0 Å². The van der Waals surface area contributed by atoms with Crippen LogP contribution >= 0.6 is 22.6 Å². The summed E-state index contributed by atoms with van der Waals surface area (Å²) in [5.74, 6) is 0. The van der Waals surface area contributed by atoms with E-state index >= 15 is 0 Å². The lowest BCUT2D eigenvalue weighted by molar-refractivity contribution is 0.612. The van der Waals surface area contributed by atoms with Crippen molar-refractivity contribution >= 4 is 22.6 Å². The van der Waals surface area contributed by atoms with Crippen molar-refractivity contribution in [2.45, 2.75) is 55.8 Å². The predicted octanol–water partition coefficient (Wildman–Crippen LogP) is 4.06. The van der Waals surface area contributed by atoms with Crippen LogP contribution in [0.5, 0.6) is 0 Å². The van der Waals surface area contributed by atoms with Crippen LogP contribution in [-0.4, -0.2) is 3.92 Å². The molecule has 0 aliphatic rings. The van der Waals surface area contributed by atoms with Gasteiger partial charge in [0.15, 0.2) is 0 Å². The van der Waals surface area contributed by atoms with Crippen LogP contribution in [-0.2, 0) is 0 Å². The first-order valence-corrected chi connectivity index (χ1v) is 6.06. The van der Waals surface area contributed by atoms with Gasteiger partial charge in [-0.1, -0.05) is 55.2 Å². The first-order valence-electron chi connectivity index (χ1n) is 4.82. The molecule has 0 aromatic rings. The van der Waals surface area contributed by atoms with E-state index in [1.54, 1.807) is 0 Å². The summed E-state index contributed by atoms with van der Waals surface area (Å²) in [6.07, 6.45) is 8.47. The zero-order valence-electron chi connectivity index (χ0n) is 7.85. The van der Waals surface area contributed by atoms with Crippen LogP contribution in [0.1, 0.15) is 51.9 Å². The maximum absolute atomic E-state index is 8.37. The summed E-state index contributed by atoms with van der Waals surface area (Å²) < 4.78 is 0.721. The Morgan fingerprint density at radius 1 is 1.25 bits per heavy atom. The number of nitriles is 1. The summed E-state index contributed by atoms with van der Waals surface area (Å²) >= 11 is 2.47. The highest BCUT2D eigenvalue weighted by Gasteiger charge is 2.02. The summed E-state index contributed by atoms with van der Waals surface area (Å²) in [6, 6.07) is 2.20. The number of alkyl halides is 1. The molecule has 0 saturated heterocycles. The second kappa shape index (κ2) is 9.31. The van der Waals surface area contributed by atoms with Crippen molar-refractivity contribution in [1.82, 2.24) is 0 Å². The largest absolute Gasteiger partial charge is 0.198 e. The van der Waals surface area contributed by atoms with Gasteiger partial charge in [-0.05, 0) is 12.8 Å². The molecule has 0 fully saturated rings. The van der Waals surface area contributed by atoms with Gasteiger partial charge in [0.2, 0.25) is 0 Å². The van der Waals surface area contributed by atoms with Crippen LogP contribution in [0.4, 0.5) is 0 Å². The first-order chi connectivity index (χ1) is 5.81. The van der Waals surface area contributed by atoms with Gasteiger partial charge in [0.05, 0.1) is 6.07 Å². The molecule has 0 aromatic carbocycles. The maximum Gasteiger partial charge on any atom is 0.0622 e. The molecule has 0 saturated carbocycles. The third kappa shape index (κ3) is 8.32. The zero-order chi connectivity index (χ0) is 9.23. The average Bonchev–Trinajstić information content (AvgIpc) is 2.09. The second-order valence-corrected chi connectivity index (χ2v) is 4.90. The van der Waals surface area contributed by atoms with Gasteiger partial charge in [-0.15, -0.1) is 0 Å². The molecule has 0 heterocycles. The molecular weight excluding hydrogens is 261 g/mol. The number of halogens is 1. The van der Waals surface area contributed by atoms with Gasteiger partial charge >= 0.3 is 0 Å². The lowest BCUT2D eigenvalue weighted by atomic mass is 10.1. The van der Waals surface area contributed by atoms with Gasteiger partial charge in [-0.25, -0.2) is 0 Å². The third-order valence-corrected chi connectivity index (χ3v) is 3.19. The fraction of sp³-hybridized carbons (Fsp3) is 0.900. The summed E-state index contributed by atoms with van der Waals surface area (Å²) in [4.78, 5) is 0. The standard InChI is InChI=1S/C10H18IN/c1-2-3-4-5-7-10(11)8-6-9-12/h10H,2-8H2,1H3. The Bertz CT molecular complexity index is 128. The van der Waals surface area contributed by atoms with Crippen molar-refractivity contribution in [2.24, 2.45) is 0 Å². The number of nitrogens with zero attached hydrogens (tertiary/aromatic N) is 1. The lowest BCUT2D eigenvalue weighted by Gasteiger charge is -2.05. The molecule has 1 unspecified atom stereocenters. The van der Waals surface area contributed by atoms with E-state index < -0.39 is 0 Å². The Morgan fingerprint density at radius 2 is 2.00 bits per heavy atom. The van der Waals surface area contributed by atoms with E-state index in [9.17, 15) is 0 Å². The molecule has 0 N–H and O–H groups in total. The second-order valence-electron chi connectivity index (χ2n) is 3.14. The fourth-order valence-corrected chi connectivity index (χ4v) is 1.91. The van der Waals surface area contributed by atoms with Gasteiger partial charge in [-0.2, -0.15) is 5.26 Å². The molecule has 0 radical (unpaired) electrons. The molecule has 1 nitrogen and oxygen atoms in total. The molecule has 0 aliphatic heterocycles. The third-order valence-electron chi connectivity index (χ3n) is 1.94. The molecule has 0 amide bonds. The number of unbranched alkanes of at least 4 members (excludes halogenated alkanes) is 3. The molecule has 0 rings (SSSR count). The van der Waals surface area contributed by atoms with Gasteiger partial charge < -0.3 is 0 Å². The minimum atomic E-state index is 0.721. The van der Waals surface area contributed by atoms with Crippen molar-refractivity contribution in [1.29, 1.82) is 5.26 Å². The average molecular weight is 279 g/mol. The SMILES string of the molecule is CCCCCCC(I)CCC#N. The minimum absolute atomic E-state index is 0.721. The van der Waals surface area contributed by atoms with E-state index in [-0.39, 0.29) is 0 Å². The van der Waals surface area contributed by atoms with Crippen molar-refractivity contribution in [2.75, 3.05) is 0 Å². The van der Waals surface area contributed by atoms with E-state index in [1.807, 2.05) is 0 Å². The minimum Gasteiger partial charge on any atom is -0.198 e. The highest BCUT2D eigenvalue weighted by Crippen LogP contribution is 2.16. The van der Waals surface area contributed by atoms with E-state index in [4.69, 9.17) is 5.26 Å². The van der Waals surface area contributed by atoms with Crippen molar-refractivity contribution in [3.8, 4) is 6.07 Å². The quantitative estimate of drug-likeness (QED) is 0.391. The lowest BCUT2D eigenvalue weighted by Crippen LogP contribution is -1.96. The highest BCUT2D eigenvalue weighted by atomic mass is 127. The Balaban J connectivity index is 3.09. The fourth-order valence-electron chi connectivity index (χ4n) is 1.16. The number of hydrogen-bond acceptors (Lipinski definition) is 1. The van der Waals surface area contributed by atoms with Crippen molar-refractivity contribution < 1.29 is 0 Å². The Hall–Kier alpha value is 0.220. The summed E-state index contributed by atoms with van der Waals surface area (Å²) in [5, 5.41) is 8.37. The van der Waals surface area contributed by atoms with Gasteiger partial charge in [0, 0.05) is 10.3 Å². The predicted molar refractivity (Wildman–Crippen MR) is 61.4 cm³/mol. The zero-order valence-corrected chi connectivity index (χ0v) is 10.0. The Kier molecular flexibility index (Phi) is 9.48. The summed E-state index contributed by atoms with van der Waals surface area (Å²) in [6.45, 7) is 2.23. The molecule has 70 valence electrons. The van der Waals surface area contributed by atoms with E-state index in [0.29, 0.717) is 0 Å². The molecule has 0 spiro atoms. The molecule has 12 heavy (non-hydrogen) atoms. The normalized spacial score (nSPS) is 12.4. The monoisotopic (exact) mass is 279 g/mol. The van der Waals surface area contributed by atoms with E-state index in [2.05, 4.69) is 35.6 Å². The van der Waals surface area contributed by atoms with Crippen LogP contribution in [0.2, 0.25) is 0 Å². The van der Waals surface area contributed by atoms with Crippen molar-refractivity contribution in [3.05, 3.63) is 0 Å². The summed E-state index contributed by atoms with van der Waals surface area (Å²) in [5.41, 5.74) is 0. The van der Waals surface area contributed by atoms with E-state index in [1.165, 1.54) is 32.1 Å². The molecular formula is C10H18IN. The van der Waals surface area contributed by atoms with Crippen LogP contribution in [0, 0.1) is 11.3 Å². The molecule has 0 aromatic heterocycles. The highest BCUT2D eigenvalue weighted by molar-refractivity contribution is 14.1. The smallest absolute Gasteiger partial charge is 0.0622 e. The maximum atomic E-state index is 8.37. The van der Waals surface area contributed by atoms with Gasteiger partial charge in [0.1, 0.15) is 0 Å². The molecule has 2 heteroatoms. The van der Waals surface area contributed by atoms with E-state index in [0.717, 1.165) is 16.8 Å². The number of rotatable bonds is 7. The summed E-state index contributed by atoms with van der Waals surface area (Å²) in [7, 11) is 0.